The number of nitrogens with zero attached hydrogens (tertiary/aromatic N) is 1. The zero-order valence-corrected chi connectivity index (χ0v) is 17.4. The van der Waals surface area contributed by atoms with Gasteiger partial charge in [-0.15, -0.1) is 0 Å². The first-order valence-corrected chi connectivity index (χ1v) is 9.79. The molecule has 158 valence electrons. The zero-order valence-electron chi connectivity index (χ0n) is 16.6. The molecular formula is C20H23F2N2O4S-. The fraction of sp³-hybridized carbons (Fsp3) is 0.350. The molecule has 1 N–H and O–H groups in total. The molecule has 0 spiro atoms. The van der Waals surface area contributed by atoms with Crippen molar-refractivity contribution in [3.8, 4) is 5.75 Å². The smallest absolute Gasteiger partial charge is 0.258 e. The molecule has 0 heterocycles. The van der Waals surface area contributed by atoms with Gasteiger partial charge < -0.3 is 22.8 Å². The highest BCUT2D eigenvalue weighted by Crippen LogP contribution is 2.25. The van der Waals surface area contributed by atoms with Gasteiger partial charge in [-0.05, 0) is 40.8 Å². The van der Waals surface area contributed by atoms with Crippen molar-refractivity contribution in [1.29, 1.82) is 0 Å². The van der Waals surface area contributed by atoms with Crippen LogP contribution in [0, 0.1) is 11.6 Å². The summed E-state index contributed by atoms with van der Waals surface area (Å²) in [5, 5.41) is 2.52. The molecule has 0 saturated carbocycles. The molecule has 0 radical (unpaired) electrons. The minimum absolute atomic E-state index is 0.0158. The summed E-state index contributed by atoms with van der Waals surface area (Å²) in [7, 11) is -1.09. The summed E-state index contributed by atoms with van der Waals surface area (Å²) in [5.74, 6) is -1.91. The molecule has 0 aromatic heterocycles. The highest BCUT2D eigenvalue weighted by Gasteiger charge is 2.13. The van der Waals surface area contributed by atoms with Crippen LogP contribution in [0.2, 0.25) is 0 Å². The number of amides is 1. The van der Waals surface area contributed by atoms with E-state index < -0.39 is 34.1 Å². The van der Waals surface area contributed by atoms with E-state index in [1.165, 1.54) is 0 Å². The first kappa shape index (κ1) is 22.8. The second kappa shape index (κ2) is 9.80. The van der Waals surface area contributed by atoms with E-state index in [1.54, 1.807) is 12.1 Å². The molecule has 0 unspecified atom stereocenters. The van der Waals surface area contributed by atoms with Crippen LogP contribution in [0.1, 0.15) is 31.9 Å². The highest BCUT2D eigenvalue weighted by molar-refractivity contribution is 7.69. The number of rotatable bonds is 7. The van der Waals surface area contributed by atoms with E-state index in [9.17, 15) is 17.8 Å². The number of hydrogen-bond donors (Lipinski definition) is 1. The summed E-state index contributed by atoms with van der Waals surface area (Å²) in [6.07, 6.45) is 0. The van der Waals surface area contributed by atoms with E-state index in [0.29, 0.717) is 5.75 Å². The molecule has 2 aromatic rings. The standard InChI is InChI=1S/C20H23F2N2O4S/c1-20(2,3)14-5-7-15(8-6-14)28-12-18(25)23-11-13-9-16(21)19(17(22)10-13)24-29(26)27-4/h5-10H,11-12H2,1-4H3,(H,23,25)/q-1. The zero-order chi connectivity index (χ0) is 21.6. The molecule has 0 aliphatic heterocycles. The molecule has 0 fully saturated rings. The molecule has 0 atom stereocenters. The Morgan fingerprint density at radius 2 is 1.72 bits per heavy atom. The van der Waals surface area contributed by atoms with Crippen LogP contribution < -0.4 is 10.1 Å². The average molecular weight is 425 g/mol. The van der Waals surface area contributed by atoms with Crippen molar-refractivity contribution >= 4 is 22.5 Å². The molecule has 1 amide bonds. The van der Waals surface area contributed by atoms with E-state index in [1.807, 2.05) is 12.1 Å². The van der Waals surface area contributed by atoms with E-state index in [-0.39, 0.29) is 24.1 Å². The lowest BCUT2D eigenvalue weighted by Gasteiger charge is -2.19. The minimum Gasteiger partial charge on any atom is -0.484 e. The molecule has 0 saturated heterocycles. The maximum Gasteiger partial charge on any atom is 0.258 e. The number of carbonyl (C=O) groups excluding carboxylic acids is 1. The monoisotopic (exact) mass is 425 g/mol. The maximum absolute atomic E-state index is 14.0. The van der Waals surface area contributed by atoms with Crippen molar-refractivity contribution in [2.75, 3.05) is 13.7 Å². The van der Waals surface area contributed by atoms with E-state index in [4.69, 9.17) is 4.74 Å². The average Bonchev–Trinajstić information content (AvgIpc) is 2.67. The highest BCUT2D eigenvalue weighted by atomic mass is 32.2. The summed E-state index contributed by atoms with van der Waals surface area (Å²) >= 11 is 0. The van der Waals surface area contributed by atoms with Crippen molar-refractivity contribution in [3.05, 3.63) is 59.2 Å². The Hall–Kier alpha value is -2.52. The lowest BCUT2D eigenvalue weighted by molar-refractivity contribution is -0.123. The van der Waals surface area contributed by atoms with Gasteiger partial charge in [-0.3, -0.25) is 4.79 Å². The van der Waals surface area contributed by atoms with Crippen LogP contribution in [0.5, 0.6) is 5.75 Å². The summed E-state index contributed by atoms with van der Waals surface area (Å²) < 4.78 is 52.1. The predicted molar refractivity (Wildman–Crippen MR) is 106 cm³/mol. The van der Waals surface area contributed by atoms with Crippen molar-refractivity contribution < 1.29 is 26.7 Å². The Morgan fingerprint density at radius 1 is 1.14 bits per heavy atom. The third kappa shape index (κ3) is 6.79. The van der Waals surface area contributed by atoms with Gasteiger partial charge in [0.05, 0.1) is 0 Å². The maximum atomic E-state index is 14.0. The number of ether oxygens (including phenoxy) is 1. The van der Waals surface area contributed by atoms with Crippen LogP contribution in [0.3, 0.4) is 0 Å². The summed E-state index contributed by atoms with van der Waals surface area (Å²) in [5.41, 5.74) is 0.650. The molecule has 2 rings (SSSR count). The van der Waals surface area contributed by atoms with Crippen LogP contribution in [0.25, 0.3) is 0 Å². The van der Waals surface area contributed by atoms with Crippen molar-refractivity contribution in [3.63, 3.8) is 0 Å². The largest absolute Gasteiger partial charge is 0.484 e. The Bertz CT molecular complexity index is 927. The fourth-order valence-corrected chi connectivity index (χ4v) is 2.77. The van der Waals surface area contributed by atoms with Crippen LogP contribution in [-0.2, 0) is 36.0 Å². The van der Waals surface area contributed by atoms with E-state index >= 15 is 0 Å². The molecular weight excluding hydrogens is 402 g/mol. The van der Waals surface area contributed by atoms with Crippen LogP contribution in [0.4, 0.5) is 14.5 Å². The van der Waals surface area contributed by atoms with Gasteiger partial charge in [0.2, 0.25) is 0 Å². The summed E-state index contributed by atoms with van der Waals surface area (Å²) in [6, 6.07) is 9.43. The third-order valence-corrected chi connectivity index (χ3v) is 4.58. The first-order valence-electron chi connectivity index (χ1n) is 8.76. The quantitative estimate of drug-likeness (QED) is 0.671. The molecule has 29 heavy (non-hydrogen) atoms. The molecule has 0 aliphatic rings. The van der Waals surface area contributed by atoms with Crippen LogP contribution in [-0.4, -0.2) is 19.6 Å². The van der Waals surface area contributed by atoms with Gasteiger partial charge in [0, 0.05) is 13.7 Å². The lowest BCUT2D eigenvalue weighted by Crippen LogP contribution is -2.28. The number of hydrogen-bond acceptors (Lipinski definition) is 6. The van der Waals surface area contributed by atoms with E-state index in [2.05, 4.69) is 34.6 Å². The minimum atomic E-state index is -2.19. The molecule has 2 aromatic carbocycles. The number of halogens is 2. The van der Waals surface area contributed by atoms with Gasteiger partial charge in [0.1, 0.15) is 23.1 Å². The topological polar surface area (TPSA) is 77.0 Å². The lowest BCUT2D eigenvalue weighted by atomic mass is 9.87. The van der Waals surface area contributed by atoms with Crippen LogP contribution >= 0.6 is 0 Å². The van der Waals surface area contributed by atoms with Gasteiger partial charge in [-0.25, -0.2) is 8.78 Å². The Balaban J connectivity index is 1.91. The second-order valence-electron chi connectivity index (χ2n) is 7.22. The molecule has 6 nitrogen and oxygen atoms in total. The van der Waals surface area contributed by atoms with Crippen molar-refractivity contribution in [1.82, 2.24) is 5.32 Å². The van der Waals surface area contributed by atoms with E-state index in [0.717, 1.165) is 24.8 Å². The van der Waals surface area contributed by atoms with Crippen molar-refractivity contribution in [2.45, 2.75) is 32.7 Å². The Labute approximate surface area is 170 Å². The van der Waals surface area contributed by atoms with Crippen molar-refractivity contribution in [2.24, 2.45) is 4.36 Å². The van der Waals surface area contributed by atoms with Gasteiger partial charge in [0.15, 0.2) is 6.61 Å². The fourth-order valence-electron chi connectivity index (χ4n) is 2.37. The van der Waals surface area contributed by atoms with Gasteiger partial charge in [-0.2, -0.15) is 0 Å². The SMILES string of the molecule is CO[S-](=O)=Nc1c(F)cc(CNC(=O)COc2ccc(C(C)(C)C)cc2)cc1F. The Morgan fingerprint density at radius 3 is 2.24 bits per heavy atom. The van der Waals surface area contributed by atoms with Gasteiger partial charge in [-0.1, -0.05) is 43.8 Å². The molecule has 0 bridgehead atoms. The third-order valence-electron chi connectivity index (χ3n) is 3.97. The number of carbonyl (C=O) groups is 1. The number of nitrogens with one attached hydrogen (secondary N) is 1. The Kier molecular flexibility index (Phi) is 7.69. The molecule has 0 aliphatic carbocycles. The number of benzene rings is 2. The predicted octanol–water partition coefficient (Wildman–Crippen LogP) is 4.30. The first-order chi connectivity index (χ1) is 13.6. The second-order valence-corrected chi connectivity index (χ2v) is 8.17. The van der Waals surface area contributed by atoms with Gasteiger partial charge in [0.25, 0.3) is 5.91 Å². The van der Waals surface area contributed by atoms with Crippen LogP contribution in [0.15, 0.2) is 40.8 Å². The van der Waals surface area contributed by atoms with Gasteiger partial charge >= 0.3 is 0 Å². The normalized spacial score (nSPS) is 12.6. The summed E-state index contributed by atoms with van der Waals surface area (Å²) in [4.78, 5) is 11.9. The molecule has 9 heteroatoms. The summed E-state index contributed by atoms with van der Waals surface area (Å²) in [6.45, 7) is 5.95.